The van der Waals surface area contributed by atoms with E-state index in [-0.39, 0.29) is 5.82 Å². The van der Waals surface area contributed by atoms with Gasteiger partial charge in [0.1, 0.15) is 11.5 Å². The van der Waals surface area contributed by atoms with Crippen LogP contribution in [0.25, 0.3) is 5.69 Å². The predicted octanol–water partition coefficient (Wildman–Crippen LogP) is 3.48. The van der Waals surface area contributed by atoms with E-state index in [1.54, 1.807) is 24.4 Å². The molecule has 0 unspecified atom stereocenters. The minimum Gasteiger partial charge on any atom is -0.298 e. The summed E-state index contributed by atoms with van der Waals surface area (Å²) in [5.41, 5.74) is 1.78. The molecule has 1 aromatic heterocycles. The average Bonchev–Trinajstić information content (AvgIpc) is 3.08. The summed E-state index contributed by atoms with van der Waals surface area (Å²) in [6, 6.07) is 6.46. The molecule has 0 atom stereocenters. The van der Waals surface area contributed by atoms with Crippen molar-refractivity contribution in [2.75, 3.05) is 0 Å². The van der Waals surface area contributed by atoms with Gasteiger partial charge in [-0.15, -0.1) is 0 Å². The molecule has 0 N–H and O–H groups in total. The number of hydrogen-bond donors (Lipinski definition) is 0. The van der Waals surface area contributed by atoms with Crippen molar-refractivity contribution in [2.24, 2.45) is 0 Å². The molecule has 0 aliphatic heterocycles. The van der Waals surface area contributed by atoms with Crippen molar-refractivity contribution in [3.05, 3.63) is 47.5 Å². The van der Waals surface area contributed by atoms with Crippen molar-refractivity contribution in [3.63, 3.8) is 0 Å². The van der Waals surface area contributed by atoms with E-state index in [1.807, 2.05) is 0 Å². The number of hydrogen-bond acceptors (Lipinski definition) is 2. The maximum Gasteiger partial charge on any atom is 0.153 e. The minimum absolute atomic E-state index is 0.333. The largest absolute Gasteiger partial charge is 0.298 e. The van der Waals surface area contributed by atoms with Crippen molar-refractivity contribution in [2.45, 2.75) is 31.6 Å². The summed E-state index contributed by atoms with van der Waals surface area (Å²) >= 11 is 0. The monoisotopic (exact) mass is 258 g/mol. The van der Waals surface area contributed by atoms with Crippen LogP contribution in [0.3, 0.4) is 0 Å². The predicted molar refractivity (Wildman–Crippen MR) is 70.1 cm³/mol. The molecule has 1 saturated carbocycles. The normalized spacial score (nSPS) is 15.8. The summed E-state index contributed by atoms with van der Waals surface area (Å²) < 4.78 is 15.2. The Morgan fingerprint density at radius 3 is 2.68 bits per heavy atom. The van der Waals surface area contributed by atoms with Gasteiger partial charge in [0.25, 0.3) is 0 Å². The van der Waals surface area contributed by atoms with E-state index in [1.165, 1.54) is 23.6 Å². The molecular formula is C15H15FN2O. The number of aldehydes is 1. The van der Waals surface area contributed by atoms with Crippen LogP contribution < -0.4 is 0 Å². The summed E-state index contributed by atoms with van der Waals surface area (Å²) in [5.74, 6) is 0.00800. The van der Waals surface area contributed by atoms with E-state index in [2.05, 4.69) is 5.10 Å². The van der Waals surface area contributed by atoms with Crippen molar-refractivity contribution in [1.82, 2.24) is 9.78 Å². The lowest BCUT2D eigenvalue weighted by Gasteiger charge is -2.06. The van der Waals surface area contributed by atoms with Gasteiger partial charge in [-0.25, -0.2) is 9.07 Å². The molecule has 1 aliphatic rings. The summed E-state index contributed by atoms with van der Waals surface area (Å²) in [4.78, 5) is 11.2. The minimum atomic E-state index is -0.333. The molecule has 4 heteroatoms. The Morgan fingerprint density at radius 1 is 1.26 bits per heavy atom. The molecule has 98 valence electrons. The highest BCUT2D eigenvalue weighted by atomic mass is 19.1. The molecule has 1 aliphatic carbocycles. The first-order chi connectivity index (χ1) is 9.29. The topological polar surface area (TPSA) is 34.9 Å². The number of aromatic nitrogens is 2. The molecule has 3 rings (SSSR count). The Bertz CT molecular complexity index is 600. The van der Waals surface area contributed by atoms with E-state index in [9.17, 15) is 9.18 Å². The molecule has 3 nitrogen and oxygen atoms in total. The van der Waals surface area contributed by atoms with E-state index in [0.717, 1.165) is 24.8 Å². The maximum atomic E-state index is 13.7. The second-order valence-electron chi connectivity index (χ2n) is 4.96. The second kappa shape index (κ2) is 4.96. The van der Waals surface area contributed by atoms with Gasteiger partial charge in [-0.05, 0) is 25.0 Å². The van der Waals surface area contributed by atoms with Gasteiger partial charge in [0, 0.05) is 12.1 Å². The standard InChI is InChI=1S/C15H15FN2O/c16-13-7-3-4-8-14(13)18-9-12(10-19)15(17-18)11-5-1-2-6-11/h3-4,7-11H,1-2,5-6H2. The number of para-hydroxylation sites is 1. The highest BCUT2D eigenvalue weighted by Crippen LogP contribution is 2.34. The van der Waals surface area contributed by atoms with Gasteiger partial charge in [-0.2, -0.15) is 5.10 Å². The summed E-state index contributed by atoms with van der Waals surface area (Å²) in [7, 11) is 0. The van der Waals surface area contributed by atoms with Crippen LogP contribution in [0.2, 0.25) is 0 Å². The Kier molecular flexibility index (Phi) is 3.15. The lowest BCUT2D eigenvalue weighted by molar-refractivity contribution is 0.112. The summed E-state index contributed by atoms with van der Waals surface area (Å²) in [6.45, 7) is 0. The number of benzene rings is 1. The number of carbonyl (C=O) groups excluding carboxylic acids is 1. The van der Waals surface area contributed by atoms with E-state index >= 15 is 0 Å². The fourth-order valence-electron chi connectivity index (χ4n) is 2.77. The first-order valence-corrected chi connectivity index (χ1v) is 6.59. The molecule has 0 amide bonds. The first kappa shape index (κ1) is 12.1. The van der Waals surface area contributed by atoms with Crippen molar-refractivity contribution >= 4 is 6.29 Å². The second-order valence-corrected chi connectivity index (χ2v) is 4.96. The van der Waals surface area contributed by atoms with Crippen LogP contribution in [-0.2, 0) is 0 Å². The van der Waals surface area contributed by atoms with Gasteiger partial charge in [0.05, 0.1) is 11.3 Å². The molecule has 19 heavy (non-hydrogen) atoms. The highest BCUT2D eigenvalue weighted by molar-refractivity contribution is 5.76. The molecule has 1 fully saturated rings. The van der Waals surface area contributed by atoms with E-state index < -0.39 is 0 Å². The SMILES string of the molecule is O=Cc1cn(-c2ccccc2F)nc1C1CCCC1. The molecule has 0 radical (unpaired) electrons. The third-order valence-electron chi connectivity index (χ3n) is 3.74. The number of carbonyl (C=O) groups is 1. The smallest absolute Gasteiger partial charge is 0.153 e. The quantitative estimate of drug-likeness (QED) is 0.790. The zero-order chi connectivity index (χ0) is 13.2. The van der Waals surface area contributed by atoms with E-state index in [4.69, 9.17) is 0 Å². The molecule has 0 spiro atoms. The highest BCUT2D eigenvalue weighted by Gasteiger charge is 2.23. The lowest BCUT2D eigenvalue weighted by atomic mass is 10.0. The van der Waals surface area contributed by atoms with Crippen LogP contribution in [0, 0.1) is 5.82 Å². The van der Waals surface area contributed by atoms with Crippen LogP contribution in [0.1, 0.15) is 47.7 Å². The molecule has 1 aromatic carbocycles. The molecular weight excluding hydrogens is 243 g/mol. The molecule has 2 aromatic rings. The molecule has 0 saturated heterocycles. The van der Waals surface area contributed by atoms with Crippen molar-refractivity contribution in [1.29, 1.82) is 0 Å². The zero-order valence-corrected chi connectivity index (χ0v) is 10.6. The third kappa shape index (κ3) is 2.18. The number of rotatable bonds is 3. The van der Waals surface area contributed by atoms with Crippen molar-refractivity contribution < 1.29 is 9.18 Å². The van der Waals surface area contributed by atoms with Crippen LogP contribution in [0.5, 0.6) is 0 Å². The van der Waals surface area contributed by atoms with Crippen molar-refractivity contribution in [3.8, 4) is 5.69 Å². The van der Waals surface area contributed by atoms with Crippen LogP contribution in [0.15, 0.2) is 30.5 Å². The Labute approximate surface area is 111 Å². The number of halogens is 1. The third-order valence-corrected chi connectivity index (χ3v) is 3.74. The Balaban J connectivity index is 2.04. The Morgan fingerprint density at radius 2 is 2.00 bits per heavy atom. The number of nitrogens with zero attached hydrogens (tertiary/aromatic N) is 2. The van der Waals surface area contributed by atoms with Gasteiger partial charge >= 0.3 is 0 Å². The molecule has 1 heterocycles. The van der Waals surface area contributed by atoms with Crippen LogP contribution in [0.4, 0.5) is 4.39 Å². The fraction of sp³-hybridized carbons (Fsp3) is 0.333. The van der Waals surface area contributed by atoms with Crippen LogP contribution in [-0.4, -0.2) is 16.1 Å². The average molecular weight is 258 g/mol. The molecule has 0 bridgehead atoms. The van der Waals surface area contributed by atoms with Gasteiger partial charge < -0.3 is 0 Å². The van der Waals surface area contributed by atoms with Gasteiger partial charge in [0.2, 0.25) is 0 Å². The van der Waals surface area contributed by atoms with Gasteiger partial charge in [-0.3, -0.25) is 4.79 Å². The lowest BCUT2D eigenvalue weighted by Crippen LogP contribution is -2.01. The zero-order valence-electron chi connectivity index (χ0n) is 10.6. The maximum absolute atomic E-state index is 13.7. The van der Waals surface area contributed by atoms with Crippen LogP contribution >= 0.6 is 0 Å². The first-order valence-electron chi connectivity index (χ1n) is 6.59. The van der Waals surface area contributed by atoms with Gasteiger partial charge in [-0.1, -0.05) is 25.0 Å². The van der Waals surface area contributed by atoms with E-state index in [0.29, 0.717) is 17.2 Å². The fourth-order valence-corrected chi connectivity index (χ4v) is 2.77. The van der Waals surface area contributed by atoms with Gasteiger partial charge in [0.15, 0.2) is 6.29 Å². The summed E-state index contributed by atoms with van der Waals surface area (Å²) in [5, 5.41) is 4.44. The summed E-state index contributed by atoms with van der Waals surface area (Å²) in [6.07, 6.45) is 6.92. The Hall–Kier alpha value is -1.97.